The van der Waals surface area contributed by atoms with Gasteiger partial charge in [-0.3, -0.25) is 9.59 Å². The second kappa shape index (κ2) is 11.3. The highest BCUT2D eigenvalue weighted by Crippen LogP contribution is 2.42. The molecule has 1 saturated heterocycles. The number of rotatable bonds is 6. The topological polar surface area (TPSA) is 99.1 Å². The molecule has 9 nitrogen and oxygen atoms in total. The van der Waals surface area contributed by atoms with Gasteiger partial charge < -0.3 is 24.5 Å². The van der Waals surface area contributed by atoms with E-state index in [1.165, 1.54) is 11.8 Å². The Kier molecular flexibility index (Phi) is 7.80. The maximum atomic E-state index is 16.5. The van der Waals surface area contributed by atoms with E-state index in [4.69, 9.17) is 16.3 Å². The van der Waals surface area contributed by atoms with Crippen molar-refractivity contribution >= 4 is 40.1 Å². The Morgan fingerprint density at radius 3 is 2.60 bits per heavy atom. The molecule has 0 saturated carbocycles. The third-order valence-electron chi connectivity index (χ3n) is 7.38. The van der Waals surface area contributed by atoms with Gasteiger partial charge in [0.15, 0.2) is 5.82 Å². The number of aliphatic hydroxyl groups is 1. The molecule has 1 aliphatic carbocycles. The van der Waals surface area contributed by atoms with Crippen LogP contribution in [0.25, 0.3) is 10.9 Å². The number of anilines is 1. The number of amides is 2. The Balaban J connectivity index is 1.60. The summed E-state index contributed by atoms with van der Waals surface area (Å²) in [7, 11) is 3.31. The maximum absolute atomic E-state index is 16.5. The summed E-state index contributed by atoms with van der Waals surface area (Å²) in [6, 6.07) is 9.15. The van der Waals surface area contributed by atoms with Crippen LogP contribution in [-0.4, -0.2) is 83.6 Å². The number of fused-ring (bicyclic) bond motifs is 2. The van der Waals surface area contributed by atoms with Crippen molar-refractivity contribution in [2.45, 2.75) is 25.7 Å². The Labute approximate surface area is 236 Å². The number of halogens is 2. The van der Waals surface area contributed by atoms with Gasteiger partial charge in [-0.1, -0.05) is 35.9 Å². The molecule has 0 bridgehead atoms. The van der Waals surface area contributed by atoms with Crippen LogP contribution in [-0.2, 0) is 16.0 Å². The molecular weight excluding hydrogens is 537 g/mol. The summed E-state index contributed by atoms with van der Waals surface area (Å²) in [5.41, 5.74) is 1.98. The lowest BCUT2D eigenvalue weighted by atomic mass is 9.82. The van der Waals surface area contributed by atoms with Gasteiger partial charge in [0, 0.05) is 75.5 Å². The van der Waals surface area contributed by atoms with E-state index in [0.717, 1.165) is 11.1 Å². The molecule has 40 heavy (non-hydrogen) atoms. The van der Waals surface area contributed by atoms with Crippen molar-refractivity contribution in [3.8, 4) is 6.01 Å². The third-order valence-corrected chi connectivity index (χ3v) is 7.69. The van der Waals surface area contributed by atoms with Crippen LogP contribution in [0, 0.1) is 5.82 Å². The summed E-state index contributed by atoms with van der Waals surface area (Å²) in [5.74, 6) is -0.791. The second-order valence-electron chi connectivity index (χ2n) is 10.2. The molecule has 1 fully saturated rings. The van der Waals surface area contributed by atoms with E-state index in [1.807, 2.05) is 29.2 Å². The molecule has 0 unspecified atom stereocenters. The van der Waals surface area contributed by atoms with Crippen LogP contribution in [0.5, 0.6) is 6.01 Å². The predicted molar refractivity (Wildman–Crippen MR) is 150 cm³/mol. The first-order valence-electron chi connectivity index (χ1n) is 13.1. The number of hydrogen-bond donors (Lipinski definition) is 1. The number of nitrogens with zero attached hydrogens (tertiary/aromatic N) is 5. The lowest BCUT2D eigenvalue weighted by Crippen LogP contribution is -2.48. The minimum atomic E-state index is -0.631. The fourth-order valence-electron chi connectivity index (χ4n) is 5.23. The van der Waals surface area contributed by atoms with Gasteiger partial charge >= 0.3 is 6.01 Å². The van der Waals surface area contributed by atoms with Gasteiger partial charge in [-0.15, -0.1) is 0 Å². The van der Waals surface area contributed by atoms with Crippen LogP contribution in [0.15, 0.2) is 42.2 Å². The van der Waals surface area contributed by atoms with Gasteiger partial charge in [0.25, 0.3) is 0 Å². The van der Waals surface area contributed by atoms with Crippen LogP contribution in [0.4, 0.5) is 10.2 Å². The average Bonchev–Trinajstić information content (AvgIpc) is 2.93. The molecule has 2 aromatic carbocycles. The van der Waals surface area contributed by atoms with Gasteiger partial charge in [0.05, 0.1) is 12.2 Å². The van der Waals surface area contributed by atoms with Crippen LogP contribution >= 0.6 is 11.6 Å². The van der Waals surface area contributed by atoms with Crippen molar-refractivity contribution in [3.05, 3.63) is 69.7 Å². The molecule has 5 rings (SSSR count). The van der Waals surface area contributed by atoms with Crippen LogP contribution in [0.1, 0.15) is 36.0 Å². The molecule has 0 spiro atoms. The van der Waals surface area contributed by atoms with Crippen molar-refractivity contribution in [2.24, 2.45) is 0 Å². The van der Waals surface area contributed by atoms with Crippen LogP contribution < -0.4 is 9.64 Å². The molecule has 2 aliphatic rings. The molecular formula is C29H31ClFN5O4. The minimum absolute atomic E-state index is 0.00965. The molecule has 0 radical (unpaired) electrons. The summed E-state index contributed by atoms with van der Waals surface area (Å²) in [6.07, 6.45) is 2.09. The lowest BCUT2D eigenvalue weighted by Gasteiger charge is -2.35. The minimum Gasteiger partial charge on any atom is -0.512 e. The normalized spacial score (nSPS) is 16.9. The zero-order valence-electron chi connectivity index (χ0n) is 22.7. The summed E-state index contributed by atoms with van der Waals surface area (Å²) < 4.78 is 22.3. The highest BCUT2D eigenvalue weighted by atomic mass is 35.5. The molecule has 11 heteroatoms. The number of hydrogen-bond acceptors (Lipinski definition) is 7. The predicted octanol–water partition coefficient (Wildman–Crippen LogP) is 4.08. The first kappa shape index (κ1) is 27.6. The summed E-state index contributed by atoms with van der Waals surface area (Å²) in [6.45, 7) is 3.50. The van der Waals surface area contributed by atoms with E-state index in [-0.39, 0.29) is 52.7 Å². The van der Waals surface area contributed by atoms with Gasteiger partial charge in [-0.2, -0.15) is 9.97 Å². The number of aromatic nitrogens is 2. The van der Waals surface area contributed by atoms with E-state index in [2.05, 4.69) is 9.97 Å². The molecule has 1 aliphatic heterocycles. The molecule has 1 N–H and O–H groups in total. The van der Waals surface area contributed by atoms with Crippen LogP contribution in [0.3, 0.4) is 0 Å². The average molecular weight is 568 g/mol. The maximum Gasteiger partial charge on any atom is 0.319 e. The molecule has 210 valence electrons. The van der Waals surface area contributed by atoms with Crippen molar-refractivity contribution in [1.82, 2.24) is 19.8 Å². The number of aliphatic hydroxyl groups excluding tert-OH is 1. The first-order chi connectivity index (χ1) is 19.1. The number of allylic oxidation sites excluding steroid dienone is 2. The van der Waals surface area contributed by atoms with Crippen LogP contribution in [0.2, 0.25) is 5.02 Å². The van der Waals surface area contributed by atoms with Crippen molar-refractivity contribution in [2.75, 3.05) is 51.8 Å². The number of ether oxygens (including phenoxy) is 1. The summed E-state index contributed by atoms with van der Waals surface area (Å²) in [5, 5.41) is 11.1. The van der Waals surface area contributed by atoms with E-state index >= 15 is 4.39 Å². The molecule has 2 amide bonds. The van der Waals surface area contributed by atoms with Gasteiger partial charge in [0.2, 0.25) is 11.8 Å². The fraction of sp³-hybridized carbons (Fsp3) is 0.379. The molecule has 3 aromatic rings. The highest BCUT2D eigenvalue weighted by Gasteiger charge is 2.30. The molecule has 1 aromatic heterocycles. The second-order valence-corrected chi connectivity index (χ2v) is 10.6. The van der Waals surface area contributed by atoms with Gasteiger partial charge in [0.1, 0.15) is 17.9 Å². The number of carbonyl (C=O) groups excluding carboxylic acids is 2. The van der Waals surface area contributed by atoms with Gasteiger partial charge in [-0.25, -0.2) is 4.39 Å². The van der Waals surface area contributed by atoms with Crippen molar-refractivity contribution in [3.63, 3.8) is 0 Å². The molecule has 1 atom stereocenters. The summed E-state index contributed by atoms with van der Waals surface area (Å²) >= 11 is 6.77. The number of benzene rings is 2. The lowest BCUT2D eigenvalue weighted by molar-refractivity contribution is -0.130. The SMILES string of the molecule is CC(=O)N1CCN(c2nc(OCCC(=O)N(C)C)nc3c(F)c([C@@H]4C=C(O)Cc5ccccc54)c(Cl)cc23)CC1. The first-order valence-corrected chi connectivity index (χ1v) is 13.5. The van der Waals surface area contributed by atoms with Crippen molar-refractivity contribution in [1.29, 1.82) is 0 Å². The highest BCUT2D eigenvalue weighted by molar-refractivity contribution is 6.32. The summed E-state index contributed by atoms with van der Waals surface area (Å²) in [4.78, 5) is 38.1. The van der Waals surface area contributed by atoms with Crippen molar-refractivity contribution < 1.29 is 23.8 Å². The third kappa shape index (κ3) is 5.40. The zero-order valence-corrected chi connectivity index (χ0v) is 23.4. The Bertz CT molecular complexity index is 1500. The van der Waals surface area contributed by atoms with Gasteiger partial charge in [-0.05, 0) is 23.3 Å². The Hall–Kier alpha value is -3.92. The monoisotopic (exact) mass is 567 g/mol. The standard InChI is InChI=1S/C29H31ClFN5O4/c1-17(37)35-9-11-36(12-10-35)28-22-16-23(30)25(21-15-19(38)14-18-6-4-5-7-20(18)21)26(31)27(22)32-29(33-28)40-13-8-24(39)34(2)3/h4-7,15-16,21,38H,8-14H2,1-3H3/t21-/m1/s1. The van der Waals surface area contributed by atoms with E-state index < -0.39 is 11.7 Å². The molecule has 2 heterocycles. The Morgan fingerprint density at radius 1 is 1.18 bits per heavy atom. The Morgan fingerprint density at radius 2 is 1.90 bits per heavy atom. The smallest absolute Gasteiger partial charge is 0.319 e. The number of piperazine rings is 1. The largest absolute Gasteiger partial charge is 0.512 e. The van der Waals surface area contributed by atoms with E-state index in [1.54, 1.807) is 31.1 Å². The quantitative estimate of drug-likeness (QED) is 0.479. The fourth-order valence-corrected chi connectivity index (χ4v) is 5.54. The zero-order chi connectivity index (χ0) is 28.6. The van der Waals surface area contributed by atoms with E-state index in [9.17, 15) is 14.7 Å². The van der Waals surface area contributed by atoms with E-state index in [0.29, 0.717) is 43.8 Å². The number of carbonyl (C=O) groups is 2.